The monoisotopic (exact) mass is 198 g/mol. The van der Waals surface area contributed by atoms with E-state index < -0.39 is 0 Å². The molecule has 1 aliphatic heterocycles. The second-order valence-corrected chi connectivity index (χ2v) is 4.85. The van der Waals surface area contributed by atoms with E-state index in [9.17, 15) is 0 Å². The van der Waals surface area contributed by atoms with Gasteiger partial charge in [0, 0.05) is 6.04 Å². The van der Waals surface area contributed by atoms with Crippen LogP contribution in [0.2, 0.25) is 0 Å². The van der Waals surface area contributed by atoms with Crippen molar-refractivity contribution in [3.8, 4) is 0 Å². The van der Waals surface area contributed by atoms with Crippen molar-refractivity contribution in [2.24, 2.45) is 11.8 Å². The topological polar surface area (TPSA) is 24.1 Å². The third kappa shape index (κ3) is 3.97. The fourth-order valence-electron chi connectivity index (χ4n) is 1.88. The van der Waals surface area contributed by atoms with Gasteiger partial charge in [0.2, 0.25) is 0 Å². The van der Waals surface area contributed by atoms with Crippen LogP contribution in [0.15, 0.2) is 0 Å². The summed E-state index contributed by atoms with van der Waals surface area (Å²) >= 11 is 0. The molecule has 0 spiro atoms. The van der Waals surface area contributed by atoms with Crippen molar-refractivity contribution in [1.82, 2.24) is 10.6 Å². The van der Waals surface area contributed by atoms with Crippen molar-refractivity contribution in [1.29, 1.82) is 0 Å². The van der Waals surface area contributed by atoms with E-state index in [2.05, 4.69) is 31.4 Å². The van der Waals surface area contributed by atoms with Crippen LogP contribution in [-0.4, -0.2) is 25.7 Å². The normalized spacial score (nSPS) is 21.6. The highest BCUT2D eigenvalue weighted by molar-refractivity contribution is 4.80. The summed E-state index contributed by atoms with van der Waals surface area (Å²) in [4.78, 5) is 0. The van der Waals surface area contributed by atoms with E-state index in [0.29, 0.717) is 6.04 Å². The minimum atomic E-state index is 0.699. The molecule has 1 saturated heterocycles. The Kier molecular flexibility index (Phi) is 5.49. The second kappa shape index (κ2) is 6.41. The molecule has 0 aromatic rings. The summed E-state index contributed by atoms with van der Waals surface area (Å²) in [6.45, 7) is 10.6. The van der Waals surface area contributed by atoms with Gasteiger partial charge >= 0.3 is 0 Å². The van der Waals surface area contributed by atoms with Gasteiger partial charge in [-0.2, -0.15) is 0 Å². The van der Waals surface area contributed by atoms with E-state index >= 15 is 0 Å². The van der Waals surface area contributed by atoms with E-state index in [-0.39, 0.29) is 0 Å². The van der Waals surface area contributed by atoms with Crippen molar-refractivity contribution in [3.05, 3.63) is 0 Å². The Morgan fingerprint density at radius 2 is 2.07 bits per heavy atom. The highest BCUT2D eigenvalue weighted by atomic mass is 15.0. The first-order valence-electron chi connectivity index (χ1n) is 6.18. The van der Waals surface area contributed by atoms with Crippen molar-refractivity contribution < 1.29 is 0 Å². The molecule has 1 heterocycles. The Balaban J connectivity index is 2.00. The predicted molar refractivity (Wildman–Crippen MR) is 62.5 cm³/mol. The number of unbranched alkanes of at least 4 members (excludes halogenated alkanes) is 1. The molecule has 0 radical (unpaired) electrons. The zero-order valence-corrected chi connectivity index (χ0v) is 9.97. The maximum absolute atomic E-state index is 3.64. The van der Waals surface area contributed by atoms with Gasteiger partial charge in [-0.3, -0.25) is 0 Å². The Labute approximate surface area is 88.8 Å². The summed E-state index contributed by atoms with van der Waals surface area (Å²) in [6.07, 6.45) is 3.99. The quantitative estimate of drug-likeness (QED) is 0.654. The molecular formula is C12H26N2. The summed E-state index contributed by atoms with van der Waals surface area (Å²) < 4.78 is 0. The molecule has 0 aromatic heterocycles. The van der Waals surface area contributed by atoms with Crippen LogP contribution in [-0.2, 0) is 0 Å². The van der Waals surface area contributed by atoms with E-state index in [1.165, 1.54) is 38.9 Å². The van der Waals surface area contributed by atoms with Crippen molar-refractivity contribution in [3.63, 3.8) is 0 Å². The van der Waals surface area contributed by atoms with Crippen LogP contribution in [0.5, 0.6) is 0 Å². The standard InChI is InChI=1S/C12H26N2/c1-4-5-6-11(3)14-7-10(2)12-8-13-9-12/h10-14H,4-9H2,1-3H3. The van der Waals surface area contributed by atoms with Crippen LogP contribution in [0.1, 0.15) is 40.0 Å². The molecule has 0 aliphatic carbocycles. The van der Waals surface area contributed by atoms with Gasteiger partial charge in [0.1, 0.15) is 0 Å². The van der Waals surface area contributed by atoms with E-state index in [1.54, 1.807) is 0 Å². The molecular weight excluding hydrogens is 172 g/mol. The minimum absolute atomic E-state index is 0.699. The second-order valence-electron chi connectivity index (χ2n) is 4.85. The summed E-state index contributed by atoms with van der Waals surface area (Å²) in [5.74, 6) is 1.75. The highest BCUT2D eigenvalue weighted by Gasteiger charge is 2.23. The molecule has 0 amide bonds. The highest BCUT2D eigenvalue weighted by Crippen LogP contribution is 2.15. The van der Waals surface area contributed by atoms with Gasteiger partial charge in [0.25, 0.3) is 0 Å². The molecule has 0 saturated carbocycles. The molecule has 2 unspecified atom stereocenters. The Bertz CT molecular complexity index is 143. The summed E-state index contributed by atoms with van der Waals surface area (Å²) in [6, 6.07) is 0.699. The first-order chi connectivity index (χ1) is 6.74. The molecule has 2 heteroatoms. The zero-order chi connectivity index (χ0) is 10.4. The van der Waals surface area contributed by atoms with E-state index in [4.69, 9.17) is 0 Å². The third-order valence-corrected chi connectivity index (χ3v) is 3.40. The first-order valence-corrected chi connectivity index (χ1v) is 6.18. The summed E-state index contributed by atoms with van der Waals surface area (Å²) in [5, 5.41) is 6.97. The molecule has 84 valence electrons. The van der Waals surface area contributed by atoms with Gasteiger partial charge < -0.3 is 10.6 Å². The smallest absolute Gasteiger partial charge is 0.00388 e. The molecule has 2 atom stereocenters. The maximum Gasteiger partial charge on any atom is 0.00388 e. The Morgan fingerprint density at radius 3 is 2.57 bits per heavy atom. The zero-order valence-electron chi connectivity index (χ0n) is 9.97. The van der Waals surface area contributed by atoms with E-state index in [0.717, 1.165) is 11.8 Å². The molecule has 14 heavy (non-hydrogen) atoms. The van der Waals surface area contributed by atoms with E-state index in [1.807, 2.05) is 0 Å². The molecule has 1 rings (SSSR count). The van der Waals surface area contributed by atoms with Crippen LogP contribution < -0.4 is 10.6 Å². The largest absolute Gasteiger partial charge is 0.316 e. The van der Waals surface area contributed by atoms with Crippen LogP contribution >= 0.6 is 0 Å². The number of rotatable bonds is 7. The molecule has 1 fully saturated rings. The van der Waals surface area contributed by atoms with Crippen molar-refractivity contribution in [2.75, 3.05) is 19.6 Å². The fourth-order valence-corrected chi connectivity index (χ4v) is 1.88. The fraction of sp³-hybridized carbons (Fsp3) is 1.00. The number of nitrogens with one attached hydrogen (secondary N) is 2. The lowest BCUT2D eigenvalue weighted by Gasteiger charge is -2.33. The van der Waals surface area contributed by atoms with Gasteiger partial charge in [-0.1, -0.05) is 26.7 Å². The molecule has 0 aromatic carbocycles. The van der Waals surface area contributed by atoms with Crippen molar-refractivity contribution in [2.45, 2.75) is 46.1 Å². The maximum atomic E-state index is 3.64. The Morgan fingerprint density at radius 1 is 1.36 bits per heavy atom. The lowest BCUT2D eigenvalue weighted by atomic mass is 9.89. The lowest BCUT2D eigenvalue weighted by Crippen LogP contribution is -2.48. The number of hydrogen-bond acceptors (Lipinski definition) is 2. The van der Waals surface area contributed by atoms with Gasteiger partial charge in [-0.05, 0) is 44.8 Å². The van der Waals surface area contributed by atoms with Crippen LogP contribution in [0.3, 0.4) is 0 Å². The van der Waals surface area contributed by atoms with Crippen molar-refractivity contribution >= 4 is 0 Å². The minimum Gasteiger partial charge on any atom is -0.316 e. The molecule has 0 bridgehead atoms. The van der Waals surface area contributed by atoms with Gasteiger partial charge in [-0.25, -0.2) is 0 Å². The number of hydrogen-bond donors (Lipinski definition) is 2. The average Bonchev–Trinajstić information content (AvgIpc) is 2.08. The molecule has 1 aliphatic rings. The van der Waals surface area contributed by atoms with Crippen LogP contribution in [0.4, 0.5) is 0 Å². The van der Waals surface area contributed by atoms with Crippen LogP contribution in [0, 0.1) is 11.8 Å². The molecule has 2 nitrogen and oxygen atoms in total. The first kappa shape index (κ1) is 12.0. The third-order valence-electron chi connectivity index (χ3n) is 3.40. The summed E-state index contributed by atoms with van der Waals surface area (Å²) in [7, 11) is 0. The molecule has 2 N–H and O–H groups in total. The van der Waals surface area contributed by atoms with Gasteiger partial charge in [0.15, 0.2) is 0 Å². The lowest BCUT2D eigenvalue weighted by molar-refractivity contribution is 0.237. The van der Waals surface area contributed by atoms with Crippen LogP contribution in [0.25, 0.3) is 0 Å². The van der Waals surface area contributed by atoms with Gasteiger partial charge in [-0.15, -0.1) is 0 Å². The van der Waals surface area contributed by atoms with Gasteiger partial charge in [0.05, 0.1) is 0 Å². The average molecular weight is 198 g/mol. The predicted octanol–water partition coefficient (Wildman–Crippen LogP) is 2.01. The SMILES string of the molecule is CCCCC(C)NCC(C)C1CNC1. The summed E-state index contributed by atoms with van der Waals surface area (Å²) in [5.41, 5.74) is 0. The Hall–Kier alpha value is -0.0800.